The topological polar surface area (TPSA) is 102 Å². The highest BCUT2D eigenvalue weighted by Gasteiger charge is 2.35. The fourth-order valence-corrected chi connectivity index (χ4v) is 5.94. The SMILES string of the molecule is O=c1[nH]c2cc3c(cc2cc1CN(Cc1cccnc1)S(=O)(=O)c1cc(C(F)(F)F)ccc1Cl)OCCO3. The van der Waals surface area contributed by atoms with Gasteiger partial charge in [0.15, 0.2) is 11.5 Å². The normalized spacial score (nSPS) is 13.7. The molecule has 13 heteroatoms. The first-order valence-electron chi connectivity index (χ1n) is 11.2. The van der Waals surface area contributed by atoms with E-state index in [-0.39, 0.29) is 17.1 Å². The number of alkyl halides is 3. The van der Waals surface area contributed by atoms with Crippen LogP contribution in [0, 0.1) is 0 Å². The van der Waals surface area contributed by atoms with Crippen LogP contribution in [0.25, 0.3) is 10.9 Å². The maximum Gasteiger partial charge on any atom is 0.416 e. The number of H-pyrrole nitrogens is 1. The van der Waals surface area contributed by atoms with Crippen molar-refractivity contribution in [2.75, 3.05) is 13.2 Å². The monoisotopic (exact) mass is 565 g/mol. The van der Waals surface area contributed by atoms with Gasteiger partial charge >= 0.3 is 6.18 Å². The Morgan fingerprint density at radius 1 is 1.03 bits per heavy atom. The van der Waals surface area contributed by atoms with Crippen molar-refractivity contribution < 1.29 is 31.1 Å². The van der Waals surface area contributed by atoms with Crippen LogP contribution in [-0.4, -0.2) is 35.9 Å². The van der Waals surface area contributed by atoms with E-state index in [4.69, 9.17) is 21.1 Å². The minimum Gasteiger partial charge on any atom is -0.486 e. The zero-order chi connectivity index (χ0) is 27.1. The zero-order valence-corrected chi connectivity index (χ0v) is 21.0. The van der Waals surface area contributed by atoms with Crippen molar-refractivity contribution in [3.05, 3.63) is 93.0 Å². The van der Waals surface area contributed by atoms with E-state index in [0.717, 1.165) is 10.4 Å². The van der Waals surface area contributed by atoms with E-state index in [1.807, 2.05) is 0 Å². The summed E-state index contributed by atoms with van der Waals surface area (Å²) in [6.07, 6.45) is -1.87. The average molecular weight is 566 g/mol. The number of hydrogen-bond donors (Lipinski definition) is 1. The van der Waals surface area contributed by atoms with Gasteiger partial charge in [0.05, 0.1) is 16.1 Å². The number of aromatic nitrogens is 2. The molecule has 0 atom stereocenters. The van der Waals surface area contributed by atoms with Crippen molar-refractivity contribution in [3.63, 3.8) is 0 Å². The van der Waals surface area contributed by atoms with Gasteiger partial charge < -0.3 is 14.5 Å². The quantitative estimate of drug-likeness (QED) is 0.362. The minimum absolute atomic E-state index is 0.0599. The highest BCUT2D eigenvalue weighted by atomic mass is 35.5. The number of benzene rings is 2. The van der Waals surface area contributed by atoms with Crippen LogP contribution in [0.4, 0.5) is 13.2 Å². The van der Waals surface area contributed by atoms with E-state index in [9.17, 15) is 26.4 Å². The molecule has 1 N–H and O–H groups in total. The van der Waals surface area contributed by atoms with Gasteiger partial charge in [0.1, 0.15) is 18.1 Å². The Hall–Kier alpha value is -3.61. The number of aromatic amines is 1. The van der Waals surface area contributed by atoms with Crippen molar-refractivity contribution >= 4 is 32.5 Å². The Labute approximate surface area is 219 Å². The molecule has 0 unspecified atom stereocenters. The van der Waals surface area contributed by atoms with Gasteiger partial charge in [0.2, 0.25) is 10.0 Å². The molecule has 1 aliphatic heterocycles. The highest BCUT2D eigenvalue weighted by molar-refractivity contribution is 7.89. The lowest BCUT2D eigenvalue weighted by Gasteiger charge is -2.23. The molecule has 0 bridgehead atoms. The highest BCUT2D eigenvalue weighted by Crippen LogP contribution is 2.36. The summed E-state index contributed by atoms with van der Waals surface area (Å²) < 4.78 is 79.6. The molecule has 3 heterocycles. The second kappa shape index (κ2) is 9.93. The molecular weight excluding hydrogens is 547 g/mol. The molecule has 2 aromatic carbocycles. The maximum atomic E-state index is 13.7. The maximum absolute atomic E-state index is 13.7. The molecule has 5 rings (SSSR count). The second-order valence-corrected chi connectivity index (χ2v) is 10.8. The van der Waals surface area contributed by atoms with Gasteiger partial charge in [0.25, 0.3) is 5.56 Å². The van der Waals surface area contributed by atoms with Gasteiger partial charge in [-0.25, -0.2) is 8.42 Å². The molecule has 38 heavy (non-hydrogen) atoms. The van der Waals surface area contributed by atoms with Crippen LogP contribution in [-0.2, 0) is 29.3 Å². The smallest absolute Gasteiger partial charge is 0.416 e. The van der Waals surface area contributed by atoms with E-state index in [0.29, 0.717) is 53.3 Å². The van der Waals surface area contributed by atoms with E-state index in [2.05, 4.69) is 9.97 Å². The number of ether oxygens (including phenoxy) is 2. The molecule has 4 aromatic rings. The molecule has 0 amide bonds. The molecule has 0 saturated carbocycles. The first-order valence-corrected chi connectivity index (χ1v) is 13.1. The number of nitrogens with one attached hydrogen (secondary N) is 1. The molecule has 0 aliphatic carbocycles. The second-order valence-electron chi connectivity index (χ2n) is 8.48. The third kappa shape index (κ3) is 5.19. The summed E-state index contributed by atoms with van der Waals surface area (Å²) in [5.74, 6) is 0.935. The number of nitrogens with zero attached hydrogens (tertiary/aromatic N) is 2. The predicted molar refractivity (Wildman–Crippen MR) is 133 cm³/mol. The van der Waals surface area contributed by atoms with Crippen LogP contribution in [0.15, 0.2) is 70.6 Å². The Balaban J connectivity index is 1.59. The fourth-order valence-electron chi connectivity index (χ4n) is 4.03. The van der Waals surface area contributed by atoms with Gasteiger partial charge in [-0.3, -0.25) is 9.78 Å². The van der Waals surface area contributed by atoms with Crippen LogP contribution >= 0.6 is 11.6 Å². The number of rotatable bonds is 6. The molecule has 0 fully saturated rings. The molecule has 1 aliphatic rings. The largest absolute Gasteiger partial charge is 0.486 e. The molecular formula is C25H19ClF3N3O5S. The van der Waals surface area contributed by atoms with Gasteiger partial charge in [-0.2, -0.15) is 17.5 Å². The standard InChI is InChI=1S/C25H19ClF3N3O5S/c26-19-4-3-18(25(27,28)29)10-23(19)38(34,35)32(13-15-2-1-5-30-12-15)14-17-8-16-9-21-22(37-7-6-36-21)11-20(16)31-24(17)33/h1-5,8-12H,6-7,13-14H2,(H,31,33). The van der Waals surface area contributed by atoms with Gasteiger partial charge in [-0.05, 0) is 42.0 Å². The van der Waals surface area contributed by atoms with E-state index in [1.54, 1.807) is 24.3 Å². The molecule has 0 spiro atoms. The summed E-state index contributed by atoms with van der Waals surface area (Å²) >= 11 is 6.08. The van der Waals surface area contributed by atoms with E-state index in [1.165, 1.54) is 18.5 Å². The third-order valence-electron chi connectivity index (χ3n) is 5.89. The van der Waals surface area contributed by atoms with Crippen LogP contribution in [0.3, 0.4) is 0 Å². The van der Waals surface area contributed by atoms with Crippen LogP contribution in [0.1, 0.15) is 16.7 Å². The number of hydrogen-bond acceptors (Lipinski definition) is 6. The lowest BCUT2D eigenvalue weighted by molar-refractivity contribution is -0.137. The van der Waals surface area contributed by atoms with Crippen molar-refractivity contribution in [2.24, 2.45) is 0 Å². The first-order chi connectivity index (χ1) is 18.0. The Morgan fingerprint density at radius 2 is 1.76 bits per heavy atom. The van der Waals surface area contributed by atoms with Crippen molar-refractivity contribution in [1.82, 2.24) is 14.3 Å². The molecule has 198 valence electrons. The third-order valence-corrected chi connectivity index (χ3v) is 8.16. The van der Waals surface area contributed by atoms with Crippen LogP contribution in [0.2, 0.25) is 5.02 Å². The van der Waals surface area contributed by atoms with Crippen LogP contribution < -0.4 is 15.0 Å². The molecule has 0 saturated heterocycles. The van der Waals surface area contributed by atoms with E-state index < -0.39 is 38.8 Å². The lowest BCUT2D eigenvalue weighted by atomic mass is 10.1. The number of fused-ring (bicyclic) bond motifs is 2. The summed E-state index contributed by atoms with van der Waals surface area (Å²) in [7, 11) is -4.62. The fraction of sp³-hybridized carbons (Fsp3) is 0.200. The summed E-state index contributed by atoms with van der Waals surface area (Å²) in [6, 6.07) is 10.0. The van der Waals surface area contributed by atoms with Crippen molar-refractivity contribution in [2.45, 2.75) is 24.2 Å². The summed E-state index contributed by atoms with van der Waals surface area (Å²) in [5, 5.41) is 0.171. The van der Waals surface area contributed by atoms with E-state index >= 15 is 0 Å². The number of pyridine rings is 2. The zero-order valence-electron chi connectivity index (χ0n) is 19.5. The average Bonchev–Trinajstić information content (AvgIpc) is 2.87. The number of sulfonamides is 1. The first kappa shape index (κ1) is 26.0. The van der Waals surface area contributed by atoms with Gasteiger partial charge in [-0.1, -0.05) is 17.7 Å². The van der Waals surface area contributed by atoms with Crippen molar-refractivity contribution in [3.8, 4) is 11.5 Å². The molecule has 8 nitrogen and oxygen atoms in total. The van der Waals surface area contributed by atoms with Gasteiger partial charge in [-0.15, -0.1) is 0 Å². The van der Waals surface area contributed by atoms with Crippen molar-refractivity contribution in [1.29, 1.82) is 0 Å². The Bertz CT molecular complexity index is 1680. The van der Waals surface area contributed by atoms with Gasteiger partial charge in [0, 0.05) is 42.5 Å². The lowest BCUT2D eigenvalue weighted by Crippen LogP contribution is -2.33. The predicted octanol–water partition coefficient (Wildman–Crippen LogP) is 4.76. The Kier molecular flexibility index (Phi) is 6.80. The Morgan fingerprint density at radius 3 is 2.45 bits per heavy atom. The minimum atomic E-state index is -4.79. The number of halogens is 4. The summed E-state index contributed by atoms with van der Waals surface area (Å²) in [6.45, 7) is -0.0193. The summed E-state index contributed by atoms with van der Waals surface area (Å²) in [4.78, 5) is 18.9. The molecule has 2 aromatic heterocycles. The summed E-state index contributed by atoms with van der Waals surface area (Å²) in [5.41, 5.74) is -0.778. The van der Waals surface area contributed by atoms with Crippen LogP contribution in [0.5, 0.6) is 11.5 Å². The molecule has 0 radical (unpaired) electrons.